The number of hydrogen-bond donors (Lipinski definition) is 1. The van der Waals surface area contributed by atoms with E-state index < -0.39 is 10.3 Å². The summed E-state index contributed by atoms with van der Waals surface area (Å²) in [6, 6.07) is 5.96. The molecule has 2 amide bonds. The molecule has 1 heterocycles. The van der Waals surface area contributed by atoms with Crippen LogP contribution in [0.25, 0.3) is 0 Å². The van der Waals surface area contributed by atoms with Crippen molar-refractivity contribution in [2.75, 3.05) is 0 Å². The highest BCUT2D eigenvalue weighted by molar-refractivity contribution is 6.03. The van der Waals surface area contributed by atoms with Gasteiger partial charge in [-0.15, -0.1) is 0 Å². The number of non-ortho nitro benzene ring substituents is 1. The van der Waals surface area contributed by atoms with Gasteiger partial charge in [-0.1, -0.05) is 19.1 Å². The van der Waals surface area contributed by atoms with Gasteiger partial charge < -0.3 is 0 Å². The molecule has 0 aromatic heterocycles. The molecule has 1 aliphatic heterocycles. The summed E-state index contributed by atoms with van der Waals surface area (Å²) in [4.78, 5) is 33.5. The largest absolute Gasteiger partial charge is 0.296 e. The highest BCUT2D eigenvalue weighted by Crippen LogP contribution is 2.36. The number of imide groups is 1. The van der Waals surface area contributed by atoms with Crippen molar-refractivity contribution >= 4 is 17.5 Å². The molecule has 0 bridgehead atoms. The van der Waals surface area contributed by atoms with E-state index in [4.69, 9.17) is 0 Å². The molecule has 1 aromatic rings. The van der Waals surface area contributed by atoms with Crippen molar-refractivity contribution in [1.82, 2.24) is 5.32 Å². The summed E-state index contributed by atoms with van der Waals surface area (Å²) in [5.41, 5.74) is -0.0591. The number of piperidine rings is 1. The number of benzene rings is 1. The molecular formula is C13H14N2O4. The summed E-state index contributed by atoms with van der Waals surface area (Å²) >= 11 is 0. The summed E-state index contributed by atoms with van der Waals surface area (Å²) in [5, 5.41) is 13.0. The third-order valence-corrected chi connectivity index (χ3v) is 3.70. The predicted octanol–water partition coefficient (Wildman–Crippen LogP) is 1.68. The first kappa shape index (κ1) is 13.2. The van der Waals surface area contributed by atoms with E-state index in [1.165, 1.54) is 12.1 Å². The third-order valence-electron chi connectivity index (χ3n) is 3.70. The van der Waals surface area contributed by atoms with Crippen molar-refractivity contribution in [3.8, 4) is 0 Å². The molecule has 1 aliphatic rings. The Morgan fingerprint density at radius 2 is 1.95 bits per heavy atom. The molecular weight excluding hydrogens is 248 g/mol. The Labute approximate surface area is 110 Å². The van der Waals surface area contributed by atoms with E-state index in [9.17, 15) is 19.7 Å². The first-order valence-electron chi connectivity index (χ1n) is 6.09. The van der Waals surface area contributed by atoms with Crippen LogP contribution in [0.1, 0.15) is 31.7 Å². The summed E-state index contributed by atoms with van der Waals surface area (Å²) in [6.45, 7) is 1.87. The van der Waals surface area contributed by atoms with Gasteiger partial charge in [-0.3, -0.25) is 25.0 Å². The number of nitro groups is 1. The first-order valence-corrected chi connectivity index (χ1v) is 6.09. The zero-order valence-electron chi connectivity index (χ0n) is 10.5. The predicted molar refractivity (Wildman–Crippen MR) is 67.4 cm³/mol. The maximum absolute atomic E-state index is 12.1. The lowest BCUT2D eigenvalue weighted by Gasteiger charge is -2.34. The number of hydrogen-bond acceptors (Lipinski definition) is 4. The van der Waals surface area contributed by atoms with Crippen LogP contribution in [0.15, 0.2) is 24.3 Å². The molecule has 1 N–H and O–H groups in total. The smallest absolute Gasteiger partial charge is 0.269 e. The van der Waals surface area contributed by atoms with Gasteiger partial charge >= 0.3 is 0 Å². The molecule has 6 nitrogen and oxygen atoms in total. The van der Waals surface area contributed by atoms with Gasteiger partial charge in [0.25, 0.3) is 5.69 Å². The molecule has 2 rings (SSSR count). The highest BCUT2D eigenvalue weighted by Gasteiger charge is 2.42. The normalized spacial score (nSPS) is 23.0. The lowest BCUT2D eigenvalue weighted by molar-refractivity contribution is -0.384. The third kappa shape index (κ3) is 2.21. The highest BCUT2D eigenvalue weighted by atomic mass is 16.6. The van der Waals surface area contributed by atoms with Crippen LogP contribution < -0.4 is 5.32 Å². The van der Waals surface area contributed by atoms with Crippen LogP contribution in [0.2, 0.25) is 0 Å². The Hall–Kier alpha value is -2.24. The maximum atomic E-state index is 12.1. The molecule has 0 spiro atoms. The van der Waals surface area contributed by atoms with Gasteiger partial charge in [0, 0.05) is 18.6 Å². The SMILES string of the molecule is CC[C@@]1(c2ccc([N+](=O)[O-])cc2)CCC(=O)NC1=O. The maximum Gasteiger partial charge on any atom is 0.269 e. The Bertz CT molecular complexity index is 538. The second kappa shape index (κ2) is 4.79. The van der Waals surface area contributed by atoms with Crippen molar-refractivity contribution in [3.05, 3.63) is 39.9 Å². The van der Waals surface area contributed by atoms with Crippen molar-refractivity contribution in [3.63, 3.8) is 0 Å². The molecule has 100 valence electrons. The van der Waals surface area contributed by atoms with Gasteiger partial charge in [0.15, 0.2) is 0 Å². The summed E-state index contributed by atoms with van der Waals surface area (Å²) in [7, 11) is 0. The van der Waals surface area contributed by atoms with E-state index in [0.29, 0.717) is 18.4 Å². The van der Waals surface area contributed by atoms with E-state index >= 15 is 0 Å². The molecule has 1 saturated heterocycles. The van der Waals surface area contributed by atoms with Crippen LogP contribution in [0.3, 0.4) is 0 Å². The summed E-state index contributed by atoms with van der Waals surface area (Å²) in [6.07, 6.45) is 1.27. The van der Waals surface area contributed by atoms with Crippen molar-refractivity contribution in [1.29, 1.82) is 0 Å². The Balaban J connectivity index is 2.38. The second-order valence-corrected chi connectivity index (χ2v) is 4.62. The van der Waals surface area contributed by atoms with Crippen LogP contribution in [0.4, 0.5) is 5.69 Å². The topological polar surface area (TPSA) is 89.3 Å². The van der Waals surface area contributed by atoms with Crippen LogP contribution in [0, 0.1) is 10.1 Å². The standard InChI is InChI=1S/C13H14N2O4/c1-2-13(8-7-11(16)14-12(13)17)9-3-5-10(6-4-9)15(18)19/h3-6H,2,7-8H2,1H3,(H,14,16,17)/t13-/m0/s1. The number of carbonyl (C=O) groups is 2. The fraction of sp³-hybridized carbons (Fsp3) is 0.385. The Morgan fingerprint density at radius 1 is 1.32 bits per heavy atom. The first-order chi connectivity index (χ1) is 8.99. The number of nitrogens with one attached hydrogen (secondary N) is 1. The van der Waals surface area contributed by atoms with E-state index in [-0.39, 0.29) is 23.9 Å². The minimum absolute atomic E-state index is 0.0118. The zero-order valence-corrected chi connectivity index (χ0v) is 10.5. The van der Waals surface area contributed by atoms with E-state index in [1.807, 2.05) is 6.92 Å². The number of nitrogens with zero attached hydrogens (tertiary/aromatic N) is 1. The minimum atomic E-state index is -0.761. The van der Waals surface area contributed by atoms with Crippen molar-refractivity contribution in [2.45, 2.75) is 31.6 Å². The van der Waals surface area contributed by atoms with Crippen molar-refractivity contribution < 1.29 is 14.5 Å². The molecule has 1 aromatic carbocycles. The molecule has 0 aliphatic carbocycles. The quantitative estimate of drug-likeness (QED) is 0.510. The van der Waals surface area contributed by atoms with Gasteiger partial charge in [-0.2, -0.15) is 0 Å². The number of nitro benzene ring substituents is 1. The lowest BCUT2D eigenvalue weighted by atomic mass is 9.72. The Kier molecular flexibility index (Phi) is 3.33. The van der Waals surface area contributed by atoms with Gasteiger partial charge in [-0.05, 0) is 18.4 Å². The van der Waals surface area contributed by atoms with Gasteiger partial charge in [-0.25, -0.2) is 0 Å². The molecule has 0 unspecified atom stereocenters. The van der Waals surface area contributed by atoms with E-state index in [0.717, 1.165) is 0 Å². The average molecular weight is 262 g/mol. The van der Waals surface area contributed by atoms with Gasteiger partial charge in [0.2, 0.25) is 11.8 Å². The van der Waals surface area contributed by atoms with Crippen molar-refractivity contribution in [2.24, 2.45) is 0 Å². The average Bonchev–Trinajstić information content (AvgIpc) is 2.40. The zero-order chi connectivity index (χ0) is 14.0. The fourth-order valence-corrected chi connectivity index (χ4v) is 2.47. The molecule has 1 fully saturated rings. The number of amides is 2. The summed E-state index contributed by atoms with van der Waals surface area (Å²) in [5.74, 6) is -0.587. The van der Waals surface area contributed by atoms with Crippen LogP contribution in [0.5, 0.6) is 0 Å². The van der Waals surface area contributed by atoms with E-state index in [2.05, 4.69) is 5.32 Å². The van der Waals surface area contributed by atoms with E-state index in [1.54, 1.807) is 12.1 Å². The van der Waals surface area contributed by atoms with Gasteiger partial charge in [0.05, 0.1) is 10.3 Å². The monoisotopic (exact) mass is 262 g/mol. The molecule has 6 heteroatoms. The number of rotatable bonds is 3. The van der Waals surface area contributed by atoms with Gasteiger partial charge in [0.1, 0.15) is 0 Å². The number of carbonyl (C=O) groups excluding carboxylic acids is 2. The molecule has 19 heavy (non-hydrogen) atoms. The molecule has 1 atom stereocenters. The lowest BCUT2D eigenvalue weighted by Crippen LogP contribution is -2.51. The molecule has 0 radical (unpaired) electrons. The minimum Gasteiger partial charge on any atom is -0.296 e. The Morgan fingerprint density at radius 3 is 2.42 bits per heavy atom. The molecule has 0 saturated carbocycles. The van der Waals surface area contributed by atoms with Crippen LogP contribution >= 0.6 is 0 Å². The van der Waals surface area contributed by atoms with Crippen LogP contribution in [-0.2, 0) is 15.0 Å². The second-order valence-electron chi connectivity index (χ2n) is 4.62. The fourth-order valence-electron chi connectivity index (χ4n) is 2.47. The summed E-state index contributed by atoms with van der Waals surface area (Å²) < 4.78 is 0. The van der Waals surface area contributed by atoms with Crippen LogP contribution in [-0.4, -0.2) is 16.7 Å².